The average Bonchev–Trinajstić information content (AvgIpc) is 2.43. The zero-order valence-electron chi connectivity index (χ0n) is 11.1. The quantitative estimate of drug-likeness (QED) is 0.873. The minimum atomic E-state index is -3.88. The highest BCUT2D eigenvalue weighted by atomic mass is 35.5. The first kappa shape index (κ1) is 15.7. The fourth-order valence-electron chi connectivity index (χ4n) is 1.74. The van der Waals surface area contributed by atoms with E-state index in [-0.39, 0.29) is 22.2 Å². The standard InChI is InChI=1S/C13H13ClFN3O2S/c1-18(8-9-3-2-4-17-7-9)21(19,20)13-6-12(16)11(15)5-10(13)14/h2-7H,8,16H2,1H3. The average molecular weight is 330 g/mol. The largest absolute Gasteiger partial charge is 0.396 e. The van der Waals surface area contributed by atoms with Gasteiger partial charge in [-0.15, -0.1) is 0 Å². The number of benzene rings is 1. The van der Waals surface area contributed by atoms with Crippen molar-refractivity contribution in [3.05, 3.63) is 53.1 Å². The van der Waals surface area contributed by atoms with Crippen LogP contribution < -0.4 is 5.73 Å². The van der Waals surface area contributed by atoms with Crippen LogP contribution in [0.5, 0.6) is 0 Å². The number of nitrogens with zero attached hydrogens (tertiary/aromatic N) is 2. The van der Waals surface area contributed by atoms with E-state index in [2.05, 4.69) is 4.98 Å². The molecule has 0 spiro atoms. The van der Waals surface area contributed by atoms with Crippen LogP contribution in [-0.4, -0.2) is 24.8 Å². The second-order valence-electron chi connectivity index (χ2n) is 4.43. The summed E-state index contributed by atoms with van der Waals surface area (Å²) in [5.74, 6) is -0.756. The Balaban J connectivity index is 2.36. The number of sulfonamides is 1. The summed E-state index contributed by atoms with van der Waals surface area (Å²) in [5, 5.41) is -0.209. The van der Waals surface area contributed by atoms with Gasteiger partial charge in [0.1, 0.15) is 10.7 Å². The molecule has 1 aromatic heterocycles. The van der Waals surface area contributed by atoms with Crippen LogP contribution >= 0.6 is 11.6 Å². The normalized spacial score (nSPS) is 11.8. The maximum atomic E-state index is 13.3. The van der Waals surface area contributed by atoms with E-state index in [0.717, 1.165) is 22.0 Å². The summed E-state index contributed by atoms with van der Waals surface area (Å²) in [7, 11) is -2.48. The lowest BCUT2D eigenvalue weighted by atomic mass is 10.3. The molecule has 1 heterocycles. The summed E-state index contributed by atoms with van der Waals surface area (Å²) in [6, 6.07) is 5.37. The number of rotatable bonds is 4. The zero-order valence-corrected chi connectivity index (χ0v) is 12.7. The number of halogens is 2. The van der Waals surface area contributed by atoms with E-state index in [1.165, 1.54) is 7.05 Å². The molecule has 0 aliphatic carbocycles. The van der Waals surface area contributed by atoms with Crippen molar-refractivity contribution >= 4 is 27.3 Å². The number of hydrogen-bond acceptors (Lipinski definition) is 4. The smallest absolute Gasteiger partial charge is 0.244 e. The highest BCUT2D eigenvalue weighted by Gasteiger charge is 2.25. The minimum Gasteiger partial charge on any atom is -0.396 e. The van der Waals surface area contributed by atoms with Crippen LogP contribution in [0, 0.1) is 5.82 Å². The van der Waals surface area contributed by atoms with Crippen molar-refractivity contribution < 1.29 is 12.8 Å². The number of aromatic nitrogens is 1. The molecule has 1 aromatic carbocycles. The highest BCUT2D eigenvalue weighted by molar-refractivity contribution is 7.89. The van der Waals surface area contributed by atoms with Crippen LogP contribution in [0.15, 0.2) is 41.6 Å². The Morgan fingerprint density at radius 3 is 2.76 bits per heavy atom. The fraction of sp³-hybridized carbons (Fsp3) is 0.154. The molecule has 8 heteroatoms. The second kappa shape index (κ2) is 5.97. The van der Waals surface area contributed by atoms with Gasteiger partial charge in [0.05, 0.1) is 10.7 Å². The lowest BCUT2D eigenvalue weighted by Gasteiger charge is -2.18. The second-order valence-corrected chi connectivity index (χ2v) is 6.85. The highest BCUT2D eigenvalue weighted by Crippen LogP contribution is 2.28. The molecule has 2 rings (SSSR count). The van der Waals surface area contributed by atoms with Crippen LogP contribution in [-0.2, 0) is 16.6 Å². The van der Waals surface area contributed by atoms with Crippen molar-refractivity contribution in [1.29, 1.82) is 0 Å². The van der Waals surface area contributed by atoms with Crippen molar-refractivity contribution in [2.75, 3.05) is 12.8 Å². The Kier molecular flexibility index (Phi) is 4.46. The first-order valence-electron chi connectivity index (χ1n) is 5.92. The maximum Gasteiger partial charge on any atom is 0.244 e. The molecule has 0 saturated heterocycles. The third-order valence-electron chi connectivity index (χ3n) is 2.87. The fourth-order valence-corrected chi connectivity index (χ4v) is 3.42. The van der Waals surface area contributed by atoms with Crippen LogP contribution in [0.4, 0.5) is 10.1 Å². The third kappa shape index (κ3) is 3.31. The molecule has 5 nitrogen and oxygen atoms in total. The van der Waals surface area contributed by atoms with Gasteiger partial charge >= 0.3 is 0 Å². The SMILES string of the molecule is CN(Cc1cccnc1)S(=O)(=O)c1cc(N)c(F)cc1Cl. The van der Waals surface area contributed by atoms with Gasteiger partial charge in [0, 0.05) is 26.0 Å². The molecule has 0 atom stereocenters. The lowest BCUT2D eigenvalue weighted by molar-refractivity contribution is 0.466. The van der Waals surface area contributed by atoms with E-state index in [0.29, 0.717) is 0 Å². The van der Waals surface area contributed by atoms with Gasteiger partial charge in [-0.1, -0.05) is 17.7 Å². The number of pyridine rings is 1. The number of nitrogens with two attached hydrogens (primary N) is 1. The van der Waals surface area contributed by atoms with Crippen LogP contribution in [0.25, 0.3) is 0 Å². The maximum absolute atomic E-state index is 13.3. The third-order valence-corrected chi connectivity index (χ3v) is 5.14. The van der Waals surface area contributed by atoms with Crippen molar-refractivity contribution in [3.63, 3.8) is 0 Å². The van der Waals surface area contributed by atoms with E-state index in [4.69, 9.17) is 17.3 Å². The first-order valence-corrected chi connectivity index (χ1v) is 7.74. The minimum absolute atomic E-state index is 0.115. The summed E-state index contributed by atoms with van der Waals surface area (Å²) in [5.41, 5.74) is 5.86. The summed E-state index contributed by atoms with van der Waals surface area (Å²) >= 11 is 5.82. The van der Waals surface area contributed by atoms with Crippen molar-refractivity contribution in [1.82, 2.24) is 9.29 Å². The van der Waals surface area contributed by atoms with E-state index in [1.807, 2.05) is 0 Å². The van der Waals surface area contributed by atoms with E-state index in [9.17, 15) is 12.8 Å². The lowest BCUT2D eigenvalue weighted by Crippen LogP contribution is -2.27. The predicted octanol–water partition coefficient (Wildman–Crippen LogP) is 2.28. The van der Waals surface area contributed by atoms with Crippen molar-refractivity contribution in [2.45, 2.75) is 11.4 Å². The number of nitrogen functional groups attached to an aromatic ring is 1. The molecule has 21 heavy (non-hydrogen) atoms. The van der Waals surface area contributed by atoms with E-state index in [1.54, 1.807) is 24.5 Å². The van der Waals surface area contributed by atoms with Gasteiger partial charge in [0.2, 0.25) is 10.0 Å². The monoisotopic (exact) mass is 329 g/mol. The summed E-state index contributed by atoms with van der Waals surface area (Å²) in [6.07, 6.45) is 3.15. The van der Waals surface area contributed by atoms with Gasteiger partial charge in [-0.2, -0.15) is 4.31 Å². The molecule has 0 unspecified atom stereocenters. The topological polar surface area (TPSA) is 76.3 Å². The molecule has 0 aliphatic heterocycles. The molecule has 2 aromatic rings. The van der Waals surface area contributed by atoms with Gasteiger partial charge < -0.3 is 5.73 Å². The Labute approximate surface area is 127 Å². The van der Waals surface area contributed by atoms with E-state index >= 15 is 0 Å². The Bertz CT molecular complexity index is 754. The van der Waals surface area contributed by atoms with Gasteiger partial charge in [-0.05, 0) is 23.8 Å². The van der Waals surface area contributed by atoms with Crippen LogP contribution in [0.2, 0.25) is 5.02 Å². The molecule has 0 amide bonds. The van der Waals surface area contributed by atoms with E-state index < -0.39 is 15.8 Å². The molecular weight excluding hydrogens is 317 g/mol. The van der Waals surface area contributed by atoms with Crippen molar-refractivity contribution in [2.24, 2.45) is 0 Å². The Hall–Kier alpha value is -1.70. The molecule has 112 valence electrons. The number of hydrogen-bond donors (Lipinski definition) is 1. The molecule has 0 fully saturated rings. The first-order chi connectivity index (χ1) is 9.82. The Morgan fingerprint density at radius 1 is 1.43 bits per heavy atom. The summed E-state index contributed by atoms with van der Waals surface area (Å²) in [4.78, 5) is 3.69. The molecule has 0 radical (unpaired) electrons. The van der Waals surface area contributed by atoms with Crippen LogP contribution in [0.3, 0.4) is 0 Å². The molecule has 2 N–H and O–H groups in total. The van der Waals surface area contributed by atoms with Crippen molar-refractivity contribution in [3.8, 4) is 0 Å². The predicted molar refractivity (Wildman–Crippen MR) is 78.7 cm³/mol. The summed E-state index contributed by atoms with van der Waals surface area (Å²) < 4.78 is 39.3. The number of anilines is 1. The van der Waals surface area contributed by atoms with Gasteiger partial charge in [-0.3, -0.25) is 4.98 Å². The van der Waals surface area contributed by atoms with Gasteiger partial charge in [0.25, 0.3) is 0 Å². The molecule has 0 bridgehead atoms. The molecule has 0 saturated carbocycles. The Morgan fingerprint density at radius 2 is 2.14 bits per heavy atom. The van der Waals surface area contributed by atoms with Gasteiger partial charge in [-0.25, -0.2) is 12.8 Å². The van der Waals surface area contributed by atoms with Crippen LogP contribution in [0.1, 0.15) is 5.56 Å². The summed E-state index contributed by atoms with van der Waals surface area (Å²) in [6.45, 7) is 0.115. The molecule has 0 aliphatic rings. The zero-order chi connectivity index (χ0) is 15.6. The molecular formula is C13H13ClFN3O2S. The van der Waals surface area contributed by atoms with Gasteiger partial charge in [0.15, 0.2) is 0 Å².